The number of amides is 1. The summed E-state index contributed by atoms with van der Waals surface area (Å²) in [6.45, 7) is 5.47. The molecule has 0 bridgehead atoms. The lowest BCUT2D eigenvalue weighted by Gasteiger charge is -2.28. The Bertz CT molecular complexity index is 1120. The molecule has 1 amide bonds. The van der Waals surface area contributed by atoms with E-state index in [1.165, 1.54) is 0 Å². The first kappa shape index (κ1) is 22.6. The third-order valence-corrected chi connectivity index (χ3v) is 5.77. The summed E-state index contributed by atoms with van der Waals surface area (Å²) in [7, 11) is 0. The highest BCUT2D eigenvalue weighted by molar-refractivity contribution is 5.90. The number of carbonyl (C=O) groups is 2. The molecule has 7 heteroatoms. The van der Waals surface area contributed by atoms with Crippen LogP contribution in [0.2, 0.25) is 0 Å². The minimum absolute atomic E-state index is 0.0521. The van der Waals surface area contributed by atoms with Gasteiger partial charge in [0.1, 0.15) is 5.75 Å². The van der Waals surface area contributed by atoms with E-state index in [4.69, 9.17) is 9.47 Å². The summed E-state index contributed by atoms with van der Waals surface area (Å²) in [5.41, 5.74) is 3.98. The highest BCUT2D eigenvalue weighted by atomic mass is 16.5. The van der Waals surface area contributed by atoms with E-state index in [1.807, 2.05) is 61.5 Å². The molecule has 0 saturated heterocycles. The molecule has 1 aliphatic rings. The van der Waals surface area contributed by atoms with Crippen LogP contribution in [0.3, 0.4) is 0 Å². The molecule has 33 heavy (non-hydrogen) atoms. The second-order valence-electron chi connectivity index (χ2n) is 8.02. The fourth-order valence-electron chi connectivity index (χ4n) is 4.06. The van der Waals surface area contributed by atoms with Gasteiger partial charge in [-0.3, -0.25) is 4.79 Å². The van der Waals surface area contributed by atoms with Crippen molar-refractivity contribution >= 4 is 11.9 Å². The van der Waals surface area contributed by atoms with Gasteiger partial charge in [-0.25, -0.2) is 9.48 Å². The average Bonchev–Trinajstić information content (AvgIpc) is 3.22. The van der Waals surface area contributed by atoms with Gasteiger partial charge in [0, 0.05) is 31.5 Å². The summed E-state index contributed by atoms with van der Waals surface area (Å²) in [6, 6.07) is 17.6. The Hall–Kier alpha value is -3.61. The van der Waals surface area contributed by atoms with Crippen LogP contribution in [0.5, 0.6) is 5.75 Å². The van der Waals surface area contributed by atoms with Crippen molar-refractivity contribution in [2.75, 3.05) is 19.8 Å². The second-order valence-corrected chi connectivity index (χ2v) is 8.02. The van der Waals surface area contributed by atoms with E-state index in [2.05, 4.69) is 5.10 Å². The van der Waals surface area contributed by atoms with Gasteiger partial charge >= 0.3 is 5.97 Å². The number of benzene rings is 2. The molecule has 0 fully saturated rings. The van der Waals surface area contributed by atoms with E-state index in [1.54, 1.807) is 16.5 Å². The fourth-order valence-corrected chi connectivity index (χ4v) is 4.06. The molecule has 0 unspecified atom stereocenters. The zero-order valence-corrected chi connectivity index (χ0v) is 19.1. The topological polar surface area (TPSA) is 73.7 Å². The number of esters is 1. The summed E-state index contributed by atoms with van der Waals surface area (Å²) in [5, 5.41) is 4.58. The third-order valence-electron chi connectivity index (χ3n) is 5.77. The van der Waals surface area contributed by atoms with Crippen LogP contribution in [0.1, 0.15) is 47.1 Å². The Labute approximate surface area is 193 Å². The number of fused-ring (bicyclic) bond motifs is 1. The van der Waals surface area contributed by atoms with Crippen LogP contribution in [0.4, 0.5) is 0 Å². The Kier molecular flexibility index (Phi) is 7.07. The zero-order chi connectivity index (χ0) is 23.2. The van der Waals surface area contributed by atoms with Crippen LogP contribution in [0.25, 0.3) is 5.69 Å². The van der Waals surface area contributed by atoms with Crippen LogP contribution >= 0.6 is 0 Å². The molecule has 2 aromatic carbocycles. The molecule has 2 heterocycles. The predicted octanol–water partition coefficient (Wildman–Crippen LogP) is 4.10. The van der Waals surface area contributed by atoms with E-state index < -0.39 is 5.97 Å². The number of aryl methyl sites for hydroxylation is 1. The van der Waals surface area contributed by atoms with Gasteiger partial charge in [0.2, 0.25) is 5.91 Å². The maximum atomic E-state index is 12.9. The number of hydrogen-bond donors (Lipinski definition) is 0. The molecule has 1 aromatic heterocycles. The number of ether oxygens (including phenoxy) is 2. The van der Waals surface area contributed by atoms with Gasteiger partial charge in [0.05, 0.1) is 24.6 Å². The first-order valence-electron chi connectivity index (χ1n) is 11.4. The average molecular weight is 448 g/mol. The lowest BCUT2D eigenvalue weighted by molar-refractivity contribution is -0.132. The molecule has 0 saturated carbocycles. The fraction of sp³-hybridized carbons (Fsp3) is 0.346. The molecule has 172 valence electrons. The Morgan fingerprint density at radius 3 is 2.58 bits per heavy atom. The maximum Gasteiger partial charge on any atom is 0.359 e. The van der Waals surface area contributed by atoms with E-state index in [0.717, 1.165) is 28.3 Å². The number of hydrogen-bond acceptors (Lipinski definition) is 5. The van der Waals surface area contributed by atoms with Crippen LogP contribution in [0, 0.1) is 6.92 Å². The maximum absolute atomic E-state index is 12.9. The summed E-state index contributed by atoms with van der Waals surface area (Å²) >= 11 is 0. The van der Waals surface area contributed by atoms with E-state index >= 15 is 0 Å². The molecule has 0 spiro atoms. The van der Waals surface area contributed by atoms with Crippen molar-refractivity contribution in [1.82, 2.24) is 14.7 Å². The molecular formula is C26H29N3O4. The van der Waals surface area contributed by atoms with E-state index in [0.29, 0.717) is 39.0 Å². The second kappa shape index (κ2) is 10.3. The highest BCUT2D eigenvalue weighted by Gasteiger charge is 2.31. The minimum Gasteiger partial charge on any atom is -0.493 e. The summed E-state index contributed by atoms with van der Waals surface area (Å²) in [5.74, 6) is 0.445. The number of para-hydroxylation sites is 2. The van der Waals surface area contributed by atoms with E-state index in [9.17, 15) is 9.59 Å². The van der Waals surface area contributed by atoms with Crippen molar-refractivity contribution in [2.24, 2.45) is 0 Å². The van der Waals surface area contributed by atoms with Crippen molar-refractivity contribution < 1.29 is 19.1 Å². The van der Waals surface area contributed by atoms with Gasteiger partial charge in [-0.15, -0.1) is 0 Å². The summed E-state index contributed by atoms with van der Waals surface area (Å²) in [6.07, 6.45) is 1.65. The molecule has 0 radical (unpaired) electrons. The first-order valence-corrected chi connectivity index (χ1v) is 11.4. The quantitative estimate of drug-likeness (QED) is 0.384. The molecule has 0 aliphatic carbocycles. The lowest BCUT2D eigenvalue weighted by Crippen LogP contribution is -2.36. The van der Waals surface area contributed by atoms with Crippen molar-refractivity contribution in [3.05, 3.63) is 77.1 Å². The monoisotopic (exact) mass is 447 g/mol. The largest absolute Gasteiger partial charge is 0.493 e. The predicted molar refractivity (Wildman–Crippen MR) is 125 cm³/mol. The molecule has 0 N–H and O–H groups in total. The van der Waals surface area contributed by atoms with Crippen molar-refractivity contribution in [2.45, 2.75) is 39.7 Å². The molecule has 1 aliphatic heterocycles. The number of aromatic nitrogens is 2. The Morgan fingerprint density at radius 1 is 1.06 bits per heavy atom. The van der Waals surface area contributed by atoms with Crippen LogP contribution in [-0.2, 0) is 22.5 Å². The Morgan fingerprint density at radius 2 is 1.82 bits per heavy atom. The van der Waals surface area contributed by atoms with Gasteiger partial charge in [0.25, 0.3) is 0 Å². The molecule has 4 rings (SSSR count). The summed E-state index contributed by atoms with van der Waals surface area (Å²) in [4.78, 5) is 27.3. The number of nitrogens with zero attached hydrogens (tertiary/aromatic N) is 3. The van der Waals surface area contributed by atoms with Crippen molar-refractivity contribution in [3.63, 3.8) is 0 Å². The molecule has 7 nitrogen and oxygen atoms in total. The molecule has 3 aromatic rings. The zero-order valence-electron chi connectivity index (χ0n) is 19.1. The summed E-state index contributed by atoms with van der Waals surface area (Å²) < 4.78 is 12.9. The molecular weight excluding hydrogens is 418 g/mol. The van der Waals surface area contributed by atoms with Gasteiger partial charge < -0.3 is 14.4 Å². The van der Waals surface area contributed by atoms with Gasteiger partial charge in [-0.2, -0.15) is 5.10 Å². The van der Waals surface area contributed by atoms with Crippen LogP contribution < -0.4 is 4.74 Å². The lowest BCUT2D eigenvalue weighted by atomic mass is 10.0. The van der Waals surface area contributed by atoms with Crippen molar-refractivity contribution in [1.29, 1.82) is 0 Å². The van der Waals surface area contributed by atoms with Crippen LogP contribution in [-0.4, -0.2) is 46.3 Å². The normalized spacial score (nSPS) is 12.8. The smallest absolute Gasteiger partial charge is 0.359 e. The highest BCUT2D eigenvalue weighted by Crippen LogP contribution is 2.26. The van der Waals surface area contributed by atoms with Gasteiger partial charge in [-0.1, -0.05) is 36.4 Å². The first-order chi connectivity index (χ1) is 16.1. The van der Waals surface area contributed by atoms with Crippen LogP contribution in [0.15, 0.2) is 54.6 Å². The third kappa shape index (κ3) is 5.08. The van der Waals surface area contributed by atoms with E-state index in [-0.39, 0.29) is 18.2 Å². The van der Waals surface area contributed by atoms with Gasteiger partial charge in [0.15, 0.2) is 5.69 Å². The van der Waals surface area contributed by atoms with Gasteiger partial charge in [-0.05, 0) is 44.0 Å². The molecule has 0 atom stereocenters. The SMILES string of the molecule is CCOC(=O)c1nn(-c2ccccc2)c2c1CN(C(=O)CCCOc1ccccc1C)CC2. The van der Waals surface area contributed by atoms with Crippen molar-refractivity contribution in [3.8, 4) is 11.4 Å². The Balaban J connectivity index is 1.44. The number of rotatable bonds is 8. The minimum atomic E-state index is -0.454. The number of carbonyl (C=O) groups excluding carboxylic acids is 2. The standard InChI is InChI=1S/C26H29N3O4/c1-3-32-26(31)25-21-18-28(16-15-22(21)29(27-25)20-11-5-4-6-12-20)24(30)14-9-17-33-23-13-8-7-10-19(23)2/h4-8,10-13H,3,9,14-18H2,1-2H3.